The number of aromatic nitrogens is 2. The van der Waals surface area contributed by atoms with Gasteiger partial charge in [0.25, 0.3) is 0 Å². The maximum absolute atomic E-state index is 12.0. The van der Waals surface area contributed by atoms with E-state index < -0.39 is 11.4 Å². The topological polar surface area (TPSA) is 86.9 Å². The highest BCUT2D eigenvalue weighted by molar-refractivity contribution is 5.85. The average Bonchev–Trinajstić information content (AvgIpc) is 2.73. The van der Waals surface area contributed by atoms with Crippen LogP contribution in [0.5, 0.6) is 0 Å². The molecule has 0 radical (unpaired) electrons. The maximum atomic E-state index is 12.0. The lowest BCUT2D eigenvalue weighted by Gasteiger charge is -2.27. The van der Waals surface area contributed by atoms with Crippen LogP contribution in [0.25, 0.3) is 0 Å². The van der Waals surface area contributed by atoms with Gasteiger partial charge in [0.1, 0.15) is 5.54 Å². The van der Waals surface area contributed by atoms with E-state index in [4.69, 9.17) is 11.5 Å². The number of hydrogen-bond donors (Lipinski definition) is 2. The summed E-state index contributed by atoms with van der Waals surface area (Å²) in [6, 6.07) is 9.20. The van der Waals surface area contributed by atoms with Crippen molar-refractivity contribution < 1.29 is 4.79 Å². The predicted octanol–water partition coefficient (Wildman–Crippen LogP) is 1.40. The van der Waals surface area contributed by atoms with Crippen molar-refractivity contribution in [3.05, 3.63) is 52.8 Å². The lowest BCUT2D eigenvalue weighted by atomic mass is 9.90. The smallest absolute Gasteiger partial charge is 0.244 e. The first-order valence-electron chi connectivity index (χ1n) is 7.07. The number of nitrogens with zero attached hydrogens (tertiary/aromatic N) is 2. The van der Waals surface area contributed by atoms with Crippen molar-refractivity contribution in [2.75, 3.05) is 0 Å². The minimum absolute atomic E-state index is 0.235. The van der Waals surface area contributed by atoms with Gasteiger partial charge in [-0.15, -0.1) is 0 Å². The van der Waals surface area contributed by atoms with Crippen molar-refractivity contribution in [1.82, 2.24) is 9.78 Å². The first-order chi connectivity index (χ1) is 9.90. The van der Waals surface area contributed by atoms with E-state index in [1.165, 1.54) is 5.56 Å². The van der Waals surface area contributed by atoms with E-state index in [9.17, 15) is 4.79 Å². The molecule has 21 heavy (non-hydrogen) atoms. The molecular weight excluding hydrogens is 264 g/mol. The highest BCUT2D eigenvalue weighted by atomic mass is 16.1. The van der Waals surface area contributed by atoms with Crippen LogP contribution in [-0.2, 0) is 23.3 Å². The lowest BCUT2D eigenvalue weighted by molar-refractivity contribution is -0.124. The zero-order valence-electron chi connectivity index (χ0n) is 12.8. The maximum Gasteiger partial charge on any atom is 0.244 e. The van der Waals surface area contributed by atoms with Crippen LogP contribution in [0, 0.1) is 13.8 Å². The van der Waals surface area contributed by atoms with Crippen molar-refractivity contribution in [3.63, 3.8) is 0 Å². The van der Waals surface area contributed by atoms with Gasteiger partial charge in [0.2, 0.25) is 5.91 Å². The Morgan fingerprint density at radius 3 is 2.38 bits per heavy atom. The number of amides is 1. The molecule has 0 aliphatic heterocycles. The van der Waals surface area contributed by atoms with Gasteiger partial charge in [-0.1, -0.05) is 37.3 Å². The van der Waals surface area contributed by atoms with Crippen LogP contribution in [0.3, 0.4) is 0 Å². The number of carbonyl (C=O) groups is 1. The van der Waals surface area contributed by atoms with Crippen LogP contribution >= 0.6 is 0 Å². The Morgan fingerprint density at radius 2 is 1.90 bits per heavy atom. The molecule has 1 heterocycles. The molecule has 0 aliphatic carbocycles. The van der Waals surface area contributed by atoms with Crippen LogP contribution in [0.2, 0.25) is 0 Å². The Hall–Kier alpha value is -2.14. The minimum Gasteiger partial charge on any atom is -0.368 e. The molecule has 1 unspecified atom stereocenters. The van der Waals surface area contributed by atoms with Gasteiger partial charge in [-0.2, -0.15) is 5.10 Å². The molecule has 0 fully saturated rings. The van der Waals surface area contributed by atoms with Crippen molar-refractivity contribution in [2.45, 2.75) is 39.3 Å². The quantitative estimate of drug-likeness (QED) is 0.871. The molecular formula is C16H22N4O. The Labute approximate surface area is 124 Å². The monoisotopic (exact) mass is 286 g/mol. The number of benzene rings is 1. The molecule has 0 saturated heterocycles. The lowest BCUT2D eigenvalue weighted by Crippen LogP contribution is -2.52. The van der Waals surface area contributed by atoms with Crippen molar-refractivity contribution in [1.29, 1.82) is 0 Å². The van der Waals surface area contributed by atoms with Crippen molar-refractivity contribution in [2.24, 2.45) is 11.5 Å². The van der Waals surface area contributed by atoms with E-state index in [2.05, 4.69) is 12.0 Å². The second kappa shape index (κ2) is 5.69. The summed E-state index contributed by atoms with van der Waals surface area (Å²) in [7, 11) is 0. The number of nitrogens with two attached hydrogens (primary N) is 2. The van der Waals surface area contributed by atoms with Gasteiger partial charge in [-0.3, -0.25) is 9.48 Å². The molecule has 0 bridgehead atoms. The Bertz CT molecular complexity index is 648. The third kappa shape index (κ3) is 2.69. The van der Waals surface area contributed by atoms with Crippen LogP contribution in [-0.4, -0.2) is 15.7 Å². The van der Waals surface area contributed by atoms with E-state index in [0.29, 0.717) is 5.56 Å². The first-order valence-corrected chi connectivity index (χ1v) is 7.07. The molecule has 1 amide bonds. The number of primary amides is 1. The molecule has 0 saturated carbocycles. The summed E-state index contributed by atoms with van der Waals surface area (Å²) in [4.78, 5) is 12.0. The van der Waals surface area contributed by atoms with E-state index >= 15 is 0 Å². The molecule has 4 N–H and O–H groups in total. The van der Waals surface area contributed by atoms with Crippen LogP contribution < -0.4 is 11.5 Å². The van der Waals surface area contributed by atoms with Gasteiger partial charge in [0.15, 0.2) is 0 Å². The van der Waals surface area contributed by atoms with Gasteiger partial charge in [-0.25, -0.2) is 0 Å². The molecule has 0 spiro atoms. The molecule has 2 aromatic rings. The van der Waals surface area contributed by atoms with E-state index in [1.54, 1.807) is 4.68 Å². The molecule has 1 aromatic carbocycles. The van der Waals surface area contributed by atoms with Gasteiger partial charge in [-0.05, 0) is 31.4 Å². The molecule has 1 aromatic heterocycles. The summed E-state index contributed by atoms with van der Waals surface area (Å²) in [6.07, 6.45) is 0.900. The molecule has 5 heteroatoms. The Kier molecular flexibility index (Phi) is 4.14. The van der Waals surface area contributed by atoms with E-state index in [-0.39, 0.29) is 6.54 Å². The summed E-state index contributed by atoms with van der Waals surface area (Å²) < 4.78 is 1.78. The van der Waals surface area contributed by atoms with Gasteiger partial charge < -0.3 is 11.5 Å². The molecule has 1 atom stereocenters. The zero-order valence-corrected chi connectivity index (χ0v) is 12.8. The standard InChI is InChI=1S/C16H22N4O/c1-4-14-11(2)19-20(12(14)3)10-16(18,15(17)21)13-8-6-5-7-9-13/h5-9H,4,10,18H2,1-3H3,(H2,17,21). The second-order valence-corrected chi connectivity index (χ2v) is 5.36. The average molecular weight is 286 g/mol. The van der Waals surface area contributed by atoms with Gasteiger partial charge in [0.05, 0.1) is 12.2 Å². The van der Waals surface area contributed by atoms with Gasteiger partial charge >= 0.3 is 0 Å². The Morgan fingerprint density at radius 1 is 1.29 bits per heavy atom. The number of rotatable bonds is 5. The summed E-state index contributed by atoms with van der Waals surface area (Å²) in [5.74, 6) is -0.556. The van der Waals surface area contributed by atoms with Crippen LogP contribution in [0.1, 0.15) is 29.4 Å². The number of hydrogen-bond acceptors (Lipinski definition) is 3. The second-order valence-electron chi connectivity index (χ2n) is 5.36. The minimum atomic E-state index is -1.27. The molecule has 0 aliphatic rings. The zero-order chi connectivity index (χ0) is 15.6. The normalized spacial score (nSPS) is 13.9. The number of aryl methyl sites for hydroxylation is 1. The number of carbonyl (C=O) groups excluding carboxylic acids is 1. The van der Waals surface area contributed by atoms with Crippen LogP contribution in [0.15, 0.2) is 30.3 Å². The third-order valence-electron chi connectivity index (χ3n) is 4.01. The fraction of sp³-hybridized carbons (Fsp3) is 0.375. The fourth-order valence-electron chi connectivity index (χ4n) is 2.68. The fourth-order valence-corrected chi connectivity index (χ4v) is 2.68. The SMILES string of the molecule is CCc1c(C)nn(CC(N)(C(N)=O)c2ccccc2)c1C. The molecule has 5 nitrogen and oxygen atoms in total. The highest BCUT2D eigenvalue weighted by Gasteiger charge is 2.35. The first kappa shape index (κ1) is 15.3. The molecule has 112 valence electrons. The largest absolute Gasteiger partial charge is 0.368 e. The summed E-state index contributed by atoms with van der Waals surface area (Å²) >= 11 is 0. The third-order valence-corrected chi connectivity index (χ3v) is 4.01. The summed E-state index contributed by atoms with van der Waals surface area (Å²) in [5.41, 5.74) is 14.5. The highest BCUT2D eigenvalue weighted by Crippen LogP contribution is 2.22. The van der Waals surface area contributed by atoms with Crippen molar-refractivity contribution in [3.8, 4) is 0 Å². The van der Waals surface area contributed by atoms with Crippen molar-refractivity contribution >= 4 is 5.91 Å². The van der Waals surface area contributed by atoms with Crippen LogP contribution in [0.4, 0.5) is 0 Å². The molecule has 2 rings (SSSR count). The van der Waals surface area contributed by atoms with Gasteiger partial charge in [0, 0.05) is 5.69 Å². The summed E-state index contributed by atoms with van der Waals surface area (Å²) in [6.45, 7) is 6.28. The Balaban J connectivity index is 2.45. The summed E-state index contributed by atoms with van der Waals surface area (Å²) in [5, 5.41) is 4.50. The predicted molar refractivity (Wildman–Crippen MR) is 82.6 cm³/mol. The van der Waals surface area contributed by atoms with E-state index in [1.807, 2.05) is 44.2 Å². The van der Waals surface area contributed by atoms with E-state index in [0.717, 1.165) is 17.8 Å².